The Morgan fingerprint density at radius 3 is 1.48 bits per heavy atom. The molecule has 184 valence electrons. The largest absolute Gasteiger partial charge is 0.750 e. The summed E-state index contributed by atoms with van der Waals surface area (Å²) in [7, 11) is 0. The van der Waals surface area contributed by atoms with Gasteiger partial charge in [0.25, 0.3) is 0 Å². The van der Waals surface area contributed by atoms with Crippen molar-refractivity contribution < 1.29 is 12.9 Å². The summed E-state index contributed by atoms with van der Waals surface area (Å²) in [6.07, 6.45) is 28.6. The minimum atomic E-state index is -2.37. The molecule has 0 aliphatic carbocycles. The van der Waals surface area contributed by atoms with Gasteiger partial charge in [-0.2, -0.15) is 0 Å². The van der Waals surface area contributed by atoms with Crippen molar-refractivity contribution in [2.45, 2.75) is 122 Å². The molecule has 1 unspecified atom stereocenters. The second-order valence-electron chi connectivity index (χ2n) is 9.10. The van der Waals surface area contributed by atoms with E-state index in [4.69, 9.17) is 0 Å². The highest BCUT2D eigenvalue weighted by Crippen LogP contribution is 2.14. The van der Waals surface area contributed by atoms with Crippen LogP contribution in [0.5, 0.6) is 0 Å². The van der Waals surface area contributed by atoms with E-state index in [1.807, 2.05) is 0 Å². The van der Waals surface area contributed by atoms with Crippen LogP contribution in [0.2, 0.25) is 0 Å². The average molecular weight is 458 g/mol. The van der Waals surface area contributed by atoms with Crippen molar-refractivity contribution in [3.63, 3.8) is 0 Å². The van der Waals surface area contributed by atoms with Gasteiger partial charge in [-0.3, -0.25) is 0 Å². The molecule has 1 heterocycles. The molecule has 6 heteroatoms. The van der Waals surface area contributed by atoms with Crippen molar-refractivity contribution >= 4 is 11.4 Å². The van der Waals surface area contributed by atoms with E-state index in [9.17, 15) is 8.76 Å². The van der Waals surface area contributed by atoms with E-state index < -0.39 is 11.4 Å². The molecule has 0 aromatic heterocycles. The van der Waals surface area contributed by atoms with Gasteiger partial charge < -0.3 is 18.5 Å². The monoisotopic (exact) mass is 457 g/mol. The first-order valence-electron chi connectivity index (χ1n) is 13.1. The first-order chi connectivity index (χ1) is 15.2. The molecule has 31 heavy (non-hydrogen) atoms. The second kappa shape index (κ2) is 21.3. The number of nitrogens with zero attached hydrogens (tertiary/aromatic N) is 2. The molecule has 1 rings (SSSR count). The minimum absolute atomic E-state index is 0.288. The Bertz CT molecular complexity index is 448. The number of unbranched alkanes of at least 4 members (excludes halogenated alkanes) is 16. The van der Waals surface area contributed by atoms with E-state index in [0.29, 0.717) is 0 Å². The summed E-state index contributed by atoms with van der Waals surface area (Å²) < 4.78 is 25.1. The molecule has 1 atom stereocenters. The summed E-state index contributed by atoms with van der Waals surface area (Å²) >= 11 is -2.37. The standard InChI is InChI=1S/C25H50N2O3S/c1-2-3-4-5-6-7-8-9-10-11-12-13-14-15-16-17-20-26-22-23-27(25-26)21-18-19-24-30-31(28)29/h22-23H,2-21,24-25H2,1H3,(H,28,29)/p-1. The molecule has 0 aromatic carbocycles. The molecule has 1 aliphatic rings. The van der Waals surface area contributed by atoms with E-state index in [2.05, 4.69) is 33.3 Å². The highest BCUT2D eigenvalue weighted by Gasteiger charge is 2.10. The lowest BCUT2D eigenvalue weighted by atomic mass is 10.0. The smallest absolute Gasteiger partial charge is 0.0893 e. The number of hydrogen-bond donors (Lipinski definition) is 0. The van der Waals surface area contributed by atoms with Crippen LogP contribution in [0.4, 0.5) is 0 Å². The van der Waals surface area contributed by atoms with E-state index in [-0.39, 0.29) is 6.61 Å². The molecular weight excluding hydrogens is 408 g/mol. The summed E-state index contributed by atoms with van der Waals surface area (Å²) in [6.45, 7) is 5.64. The average Bonchev–Trinajstić information content (AvgIpc) is 3.20. The molecule has 0 N–H and O–H groups in total. The summed E-state index contributed by atoms with van der Waals surface area (Å²) in [5, 5.41) is 0. The van der Waals surface area contributed by atoms with Crippen LogP contribution in [0.25, 0.3) is 0 Å². The highest BCUT2D eigenvalue weighted by molar-refractivity contribution is 7.74. The molecule has 0 aromatic rings. The summed E-state index contributed by atoms with van der Waals surface area (Å²) in [6, 6.07) is 0. The van der Waals surface area contributed by atoms with Crippen molar-refractivity contribution in [3.05, 3.63) is 12.4 Å². The van der Waals surface area contributed by atoms with Gasteiger partial charge in [-0.15, -0.1) is 0 Å². The van der Waals surface area contributed by atoms with Crippen LogP contribution in [0.3, 0.4) is 0 Å². The molecule has 0 fully saturated rings. The van der Waals surface area contributed by atoms with Gasteiger partial charge in [0, 0.05) is 25.5 Å². The van der Waals surface area contributed by atoms with Crippen LogP contribution in [0.15, 0.2) is 12.4 Å². The minimum Gasteiger partial charge on any atom is -0.750 e. The Labute approximate surface area is 195 Å². The lowest BCUT2D eigenvalue weighted by Crippen LogP contribution is -2.26. The maximum absolute atomic E-state index is 10.3. The number of hydrogen-bond acceptors (Lipinski definition) is 5. The van der Waals surface area contributed by atoms with Crippen LogP contribution >= 0.6 is 0 Å². The van der Waals surface area contributed by atoms with Crippen molar-refractivity contribution in [3.8, 4) is 0 Å². The van der Waals surface area contributed by atoms with Gasteiger partial charge in [-0.25, -0.2) is 4.21 Å². The molecule has 1 aliphatic heterocycles. The Morgan fingerprint density at radius 2 is 1.06 bits per heavy atom. The fourth-order valence-corrected chi connectivity index (χ4v) is 4.47. The molecule has 0 bridgehead atoms. The fraction of sp³-hybridized carbons (Fsp3) is 0.920. The van der Waals surface area contributed by atoms with Gasteiger partial charge in [-0.1, -0.05) is 103 Å². The normalized spacial score (nSPS) is 14.6. The van der Waals surface area contributed by atoms with Crippen molar-refractivity contribution in [2.24, 2.45) is 0 Å². The third-order valence-corrected chi connectivity index (χ3v) is 6.53. The van der Waals surface area contributed by atoms with Gasteiger partial charge in [0.05, 0.1) is 24.6 Å². The molecular formula is C25H49N2O3S-. The first-order valence-corrected chi connectivity index (χ1v) is 14.1. The van der Waals surface area contributed by atoms with Gasteiger partial charge in [0.15, 0.2) is 0 Å². The van der Waals surface area contributed by atoms with E-state index >= 15 is 0 Å². The quantitative estimate of drug-likeness (QED) is 0.124. The van der Waals surface area contributed by atoms with Gasteiger partial charge in [0.1, 0.15) is 0 Å². The summed E-state index contributed by atoms with van der Waals surface area (Å²) in [4.78, 5) is 4.67. The fourth-order valence-electron chi connectivity index (χ4n) is 4.21. The Morgan fingerprint density at radius 1 is 0.677 bits per heavy atom. The van der Waals surface area contributed by atoms with Gasteiger partial charge in [0.2, 0.25) is 0 Å². The Kier molecular flexibility index (Phi) is 19.5. The summed E-state index contributed by atoms with van der Waals surface area (Å²) in [5.74, 6) is 0. The number of rotatable bonds is 23. The van der Waals surface area contributed by atoms with Crippen molar-refractivity contribution in [1.82, 2.24) is 9.80 Å². The van der Waals surface area contributed by atoms with Gasteiger partial charge >= 0.3 is 0 Å². The van der Waals surface area contributed by atoms with E-state index in [0.717, 1.165) is 32.6 Å². The zero-order chi connectivity index (χ0) is 22.4. The Hall–Kier alpha value is -0.590. The maximum atomic E-state index is 10.3. The SMILES string of the molecule is CCCCCCCCCCCCCCCCCCN1C=CN(CCCCOS(=O)[O-])C1. The zero-order valence-electron chi connectivity index (χ0n) is 20.2. The molecule has 0 saturated heterocycles. The second-order valence-corrected chi connectivity index (χ2v) is 9.74. The van der Waals surface area contributed by atoms with E-state index in [1.54, 1.807) is 0 Å². The lowest BCUT2D eigenvalue weighted by molar-refractivity contribution is 0.245. The van der Waals surface area contributed by atoms with Gasteiger partial charge in [-0.05, 0) is 19.3 Å². The molecule has 0 amide bonds. The predicted molar refractivity (Wildman–Crippen MR) is 131 cm³/mol. The zero-order valence-corrected chi connectivity index (χ0v) is 21.1. The van der Waals surface area contributed by atoms with Crippen molar-refractivity contribution in [2.75, 3.05) is 26.4 Å². The third kappa shape index (κ3) is 18.7. The van der Waals surface area contributed by atoms with Crippen LogP contribution in [-0.2, 0) is 15.5 Å². The Balaban J connectivity index is 1.76. The maximum Gasteiger partial charge on any atom is 0.0893 e. The van der Waals surface area contributed by atoms with Crippen molar-refractivity contribution in [1.29, 1.82) is 0 Å². The summed E-state index contributed by atoms with van der Waals surface area (Å²) in [5.41, 5.74) is 0. The lowest BCUT2D eigenvalue weighted by Gasteiger charge is -2.21. The van der Waals surface area contributed by atoms with Crippen LogP contribution in [-0.4, -0.2) is 44.9 Å². The van der Waals surface area contributed by atoms with Crippen LogP contribution < -0.4 is 0 Å². The highest BCUT2D eigenvalue weighted by atomic mass is 32.2. The third-order valence-electron chi connectivity index (χ3n) is 6.17. The van der Waals surface area contributed by atoms with Crippen LogP contribution in [0.1, 0.15) is 122 Å². The molecule has 0 saturated carbocycles. The van der Waals surface area contributed by atoms with E-state index in [1.165, 1.54) is 103 Å². The molecule has 0 radical (unpaired) electrons. The van der Waals surface area contributed by atoms with Crippen LogP contribution in [0, 0.1) is 0 Å². The predicted octanol–water partition coefficient (Wildman–Crippen LogP) is 6.89. The molecule has 5 nitrogen and oxygen atoms in total. The first kappa shape index (κ1) is 28.4. The topological polar surface area (TPSA) is 55.8 Å². The molecule has 0 spiro atoms.